The molecule has 0 atom stereocenters. The van der Waals surface area contributed by atoms with Gasteiger partial charge in [0.2, 0.25) is 0 Å². The molecule has 1 heterocycles. The molecule has 20 heavy (non-hydrogen) atoms. The van der Waals surface area contributed by atoms with E-state index in [9.17, 15) is 8.42 Å². The zero-order chi connectivity index (χ0) is 14.4. The first kappa shape index (κ1) is 15.5. The average molecular weight is 299 g/mol. The Balaban J connectivity index is 1.70. The third-order valence-electron chi connectivity index (χ3n) is 3.79. The van der Waals surface area contributed by atoms with Gasteiger partial charge in [-0.1, -0.05) is 19.3 Å². The van der Waals surface area contributed by atoms with Crippen molar-refractivity contribution in [3.8, 4) is 0 Å². The van der Waals surface area contributed by atoms with Crippen molar-refractivity contribution in [3.05, 3.63) is 18.0 Å². The fourth-order valence-corrected chi connectivity index (χ4v) is 3.37. The molecule has 1 aromatic rings. The van der Waals surface area contributed by atoms with Gasteiger partial charge < -0.3 is 5.32 Å². The van der Waals surface area contributed by atoms with Gasteiger partial charge in [0.25, 0.3) is 0 Å². The van der Waals surface area contributed by atoms with Crippen LogP contribution in [0.15, 0.2) is 12.3 Å². The van der Waals surface area contributed by atoms with Gasteiger partial charge in [0.05, 0.1) is 17.5 Å². The summed E-state index contributed by atoms with van der Waals surface area (Å²) in [5.41, 5.74) is 1.04. The number of aromatic nitrogens is 2. The van der Waals surface area contributed by atoms with E-state index in [-0.39, 0.29) is 5.75 Å². The van der Waals surface area contributed by atoms with Crippen LogP contribution in [0.3, 0.4) is 0 Å². The quantitative estimate of drug-likeness (QED) is 0.781. The number of nitrogens with zero attached hydrogens (tertiary/aromatic N) is 2. The molecule has 1 aromatic heterocycles. The third-order valence-corrected chi connectivity index (χ3v) is 4.82. The largest absolute Gasteiger partial charge is 0.311 e. The molecule has 0 bridgehead atoms. The number of hydrogen-bond donors (Lipinski definition) is 1. The van der Waals surface area contributed by atoms with Crippen molar-refractivity contribution >= 4 is 9.84 Å². The second-order valence-electron chi connectivity index (χ2n) is 5.74. The average Bonchev–Trinajstić information content (AvgIpc) is 2.87. The molecular formula is C14H25N3O2S. The smallest absolute Gasteiger partial charge is 0.147 e. The molecule has 5 nitrogen and oxygen atoms in total. The lowest BCUT2D eigenvalue weighted by Gasteiger charge is -2.21. The fourth-order valence-electron chi connectivity index (χ4n) is 2.70. The molecule has 2 rings (SSSR count). The van der Waals surface area contributed by atoms with E-state index < -0.39 is 9.84 Å². The summed E-state index contributed by atoms with van der Waals surface area (Å²) in [4.78, 5) is 0. The SMILES string of the molecule is CS(=O)(=O)CCCNCc1ccn(C2CCCCC2)n1. The maximum Gasteiger partial charge on any atom is 0.147 e. The summed E-state index contributed by atoms with van der Waals surface area (Å²) in [6, 6.07) is 2.63. The highest BCUT2D eigenvalue weighted by molar-refractivity contribution is 7.90. The molecule has 6 heteroatoms. The van der Waals surface area contributed by atoms with Crippen LogP contribution in [0.5, 0.6) is 0 Å². The number of rotatable bonds is 7. The third kappa shape index (κ3) is 5.25. The Morgan fingerprint density at radius 3 is 2.80 bits per heavy atom. The Morgan fingerprint density at radius 2 is 2.10 bits per heavy atom. The summed E-state index contributed by atoms with van der Waals surface area (Å²) >= 11 is 0. The van der Waals surface area contributed by atoms with Crippen molar-refractivity contribution in [3.63, 3.8) is 0 Å². The molecule has 1 aliphatic carbocycles. The zero-order valence-electron chi connectivity index (χ0n) is 12.2. The van der Waals surface area contributed by atoms with Crippen LogP contribution in [0.4, 0.5) is 0 Å². The van der Waals surface area contributed by atoms with E-state index >= 15 is 0 Å². The van der Waals surface area contributed by atoms with Gasteiger partial charge in [0.1, 0.15) is 9.84 Å². The Morgan fingerprint density at radius 1 is 1.35 bits per heavy atom. The van der Waals surface area contributed by atoms with Crippen LogP contribution in [-0.4, -0.2) is 36.8 Å². The summed E-state index contributed by atoms with van der Waals surface area (Å²) < 4.78 is 24.1. The van der Waals surface area contributed by atoms with Gasteiger partial charge in [0.15, 0.2) is 0 Å². The second kappa shape index (κ2) is 7.22. The molecular weight excluding hydrogens is 274 g/mol. The first-order valence-electron chi connectivity index (χ1n) is 7.47. The van der Waals surface area contributed by atoms with Gasteiger partial charge in [-0.3, -0.25) is 4.68 Å². The number of sulfone groups is 1. The molecule has 0 aliphatic heterocycles. The summed E-state index contributed by atoms with van der Waals surface area (Å²) in [5.74, 6) is 0.247. The minimum Gasteiger partial charge on any atom is -0.311 e. The predicted molar refractivity (Wildman–Crippen MR) is 80.4 cm³/mol. The Labute approximate surface area is 121 Å². The van der Waals surface area contributed by atoms with Crippen molar-refractivity contribution in [1.29, 1.82) is 0 Å². The Kier molecular flexibility index (Phi) is 5.60. The van der Waals surface area contributed by atoms with Gasteiger partial charge in [-0.05, 0) is 31.9 Å². The maximum absolute atomic E-state index is 11.0. The van der Waals surface area contributed by atoms with E-state index in [2.05, 4.69) is 27.4 Å². The highest BCUT2D eigenvalue weighted by atomic mass is 32.2. The fraction of sp³-hybridized carbons (Fsp3) is 0.786. The predicted octanol–water partition coefficient (Wildman–Crippen LogP) is 1.91. The molecule has 0 unspecified atom stereocenters. The van der Waals surface area contributed by atoms with E-state index in [4.69, 9.17) is 0 Å². The van der Waals surface area contributed by atoms with Crippen LogP contribution < -0.4 is 5.32 Å². The van der Waals surface area contributed by atoms with E-state index in [1.807, 2.05) is 0 Å². The van der Waals surface area contributed by atoms with Gasteiger partial charge in [-0.15, -0.1) is 0 Å². The zero-order valence-corrected chi connectivity index (χ0v) is 13.0. The molecule has 0 spiro atoms. The van der Waals surface area contributed by atoms with Gasteiger partial charge in [-0.2, -0.15) is 5.10 Å². The van der Waals surface area contributed by atoms with Gasteiger partial charge in [-0.25, -0.2) is 8.42 Å². The summed E-state index contributed by atoms with van der Waals surface area (Å²) in [5, 5.41) is 7.87. The van der Waals surface area contributed by atoms with Crippen LogP contribution >= 0.6 is 0 Å². The molecule has 1 N–H and O–H groups in total. The Hall–Kier alpha value is -0.880. The van der Waals surface area contributed by atoms with E-state index in [1.165, 1.54) is 38.4 Å². The summed E-state index contributed by atoms with van der Waals surface area (Å²) in [7, 11) is -2.84. The minimum atomic E-state index is -2.84. The molecule has 1 fully saturated rings. The van der Waals surface area contributed by atoms with Crippen LogP contribution in [0, 0.1) is 0 Å². The highest BCUT2D eigenvalue weighted by Crippen LogP contribution is 2.27. The first-order chi connectivity index (χ1) is 9.54. The topological polar surface area (TPSA) is 64.0 Å². The molecule has 114 valence electrons. The summed E-state index contributed by atoms with van der Waals surface area (Å²) in [6.45, 7) is 1.42. The first-order valence-corrected chi connectivity index (χ1v) is 9.53. The van der Waals surface area contributed by atoms with Crippen LogP contribution in [-0.2, 0) is 16.4 Å². The van der Waals surface area contributed by atoms with E-state index in [0.717, 1.165) is 5.69 Å². The molecule has 0 aromatic carbocycles. The minimum absolute atomic E-state index is 0.247. The van der Waals surface area contributed by atoms with Crippen molar-refractivity contribution in [2.75, 3.05) is 18.6 Å². The van der Waals surface area contributed by atoms with Gasteiger partial charge in [0, 0.05) is 19.0 Å². The maximum atomic E-state index is 11.0. The lowest BCUT2D eigenvalue weighted by atomic mass is 9.96. The van der Waals surface area contributed by atoms with Crippen molar-refractivity contribution < 1.29 is 8.42 Å². The van der Waals surface area contributed by atoms with E-state index in [1.54, 1.807) is 0 Å². The second-order valence-corrected chi connectivity index (χ2v) is 8.00. The molecule has 0 amide bonds. The molecule has 1 aliphatic rings. The van der Waals surface area contributed by atoms with Crippen molar-refractivity contribution in [2.45, 2.75) is 51.1 Å². The monoisotopic (exact) mass is 299 g/mol. The van der Waals surface area contributed by atoms with Crippen molar-refractivity contribution in [1.82, 2.24) is 15.1 Å². The van der Waals surface area contributed by atoms with Gasteiger partial charge >= 0.3 is 0 Å². The number of hydrogen-bond acceptors (Lipinski definition) is 4. The Bertz CT molecular complexity index is 504. The normalized spacial score (nSPS) is 17.4. The number of nitrogens with one attached hydrogen (secondary N) is 1. The highest BCUT2D eigenvalue weighted by Gasteiger charge is 2.15. The van der Waals surface area contributed by atoms with Crippen LogP contribution in [0.2, 0.25) is 0 Å². The van der Waals surface area contributed by atoms with Crippen molar-refractivity contribution in [2.24, 2.45) is 0 Å². The molecule has 1 saturated carbocycles. The summed E-state index contributed by atoms with van der Waals surface area (Å²) in [6.07, 6.45) is 10.5. The standard InChI is InChI=1S/C14H25N3O2S/c1-20(18,19)11-5-9-15-12-13-8-10-17(16-13)14-6-3-2-4-7-14/h8,10,14-15H,2-7,9,11-12H2,1H3. The molecule has 0 saturated heterocycles. The lowest BCUT2D eigenvalue weighted by molar-refractivity contribution is 0.327. The van der Waals surface area contributed by atoms with Crippen LogP contribution in [0.1, 0.15) is 50.3 Å². The molecule has 0 radical (unpaired) electrons. The van der Waals surface area contributed by atoms with Crippen LogP contribution in [0.25, 0.3) is 0 Å². The lowest BCUT2D eigenvalue weighted by Crippen LogP contribution is -2.19. The van der Waals surface area contributed by atoms with E-state index in [0.29, 0.717) is 25.6 Å².